The number of anilines is 1. The molecule has 3 rings (SSSR count). The zero-order chi connectivity index (χ0) is 16.2. The maximum Gasteiger partial charge on any atom is 0.167 e. The van der Waals surface area contributed by atoms with E-state index in [0.29, 0.717) is 24.5 Å². The molecule has 1 aliphatic carbocycles. The van der Waals surface area contributed by atoms with Gasteiger partial charge in [0.2, 0.25) is 0 Å². The second kappa shape index (κ2) is 6.66. The maximum absolute atomic E-state index is 9.26. The van der Waals surface area contributed by atoms with Crippen LogP contribution in [0.2, 0.25) is 0 Å². The van der Waals surface area contributed by atoms with E-state index in [1.807, 2.05) is 19.9 Å². The molecule has 1 aromatic heterocycles. The van der Waals surface area contributed by atoms with Gasteiger partial charge in [0, 0.05) is 0 Å². The van der Waals surface area contributed by atoms with Crippen molar-refractivity contribution in [3.05, 3.63) is 46.1 Å². The Hall–Kier alpha value is -2.61. The largest absolute Gasteiger partial charge is 0.492 e. The number of aryl methyl sites for hydroxylation is 3. The van der Waals surface area contributed by atoms with Gasteiger partial charge in [-0.2, -0.15) is 10.4 Å². The fourth-order valence-electron chi connectivity index (χ4n) is 2.85. The standard InChI is InChI=1S/C18H20N4O/c1-12-13(2)21-22-18(17(12)11-19)20-8-9-23-16-7-6-14-4-3-5-15(14)10-16/h6-7,10H,3-5,8-9H2,1-2H3,(H,20,22). The second-order valence-electron chi connectivity index (χ2n) is 5.81. The topological polar surface area (TPSA) is 70.8 Å². The molecule has 0 bridgehead atoms. The molecule has 0 saturated carbocycles. The first kappa shape index (κ1) is 15.3. The highest BCUT2D eigenvalue weighted by molar-refractivity contribution is 5.55. The van der Waals surface area contributed by atoms with Crippen molar-refractivity contribution in [3.63, 3.8) is 0 Å². The number of aromatic nitrogens is 2. The van der Waals surface area contributed by atoms with Crippen molar-refractivity contribution < 1.29 is 4.74 Å². The summed E-state index contributed by atoms with van der Waals surface area (Å²) < 4.78 is 5.79. The van der Waals surface area contributed by atoms with Crippen molar-refractivity contribution in [3.8, 4) is 11.8 Å². The van der Waals surface area contributed by atoms with E-state index in [0.717, 1.165) is 23.4 Å². The lowest BCUT2D eigenvalue weighted by atomic mass is 10.1. The van der Waals surface area contributed by atoms with E-state index >= 15 is 0 Å². The van der Waals surface area contributed by atoms with Gasteiger partial charge in [0.1, 0.15) is 24.0 Å². The summed E-state index contributed by atoms with van der Waals surface area (Å²) in [5.74, 6) is 1.42. The van der Waals surface area contributed by atoms with Gasteiger partial charge in [-0.3, -0.25) is 0 Å². The number of fused-ring (bicyclic) bond motifs is 1. The van der Waals surface area contributed by atoms with Gasteiger partial charge >= 0.3 is 0 Å². The third kappa shape index (κ3) is 3.26. The molecule has 5 nitrogen and oxygen atoms in total. The molecule has 0 fully saturated rings. The number of hydrogen-bond acceptors (Lipinski definition) is 5. The fourth-order valence-corrected chi connectivity index (χ4v) is 2.85. The lowest BCUT2D eigenvalue weighted by molar-refractivity contribution is 0.332. The molecule has 0 saturated heterocycles. The molecule has 1 aromatic carbocycles. The van der Waals surface area contributed by atoms with Gasteiger partial charge in [0.15, 0.2) is 5.82 Å². The Kier molecular flexibility index (Phi) is 4.42. The number of nitrogens with zero attached hydrogens (tertiary/aromatic N) is 3. The highest BCUT2D eigenvalue weighted by Crippen LogP contribution is 2.26. The van der Waals surface area contributed by atoms with Crippen LogP contribution in [0.3, 0.4) is 0 Å². The average molecular weight is 308 g/mol. The zero-order valence-electron chi connectivity index (χ0n) is 13.5. The number of nitriles is 1. The first-order valence-corrected chi connectivity index (χ1v) is 7.91. The van der Waals surface area contributed by atoms with Gasteiger partial charge in [-0.15, -0.1) is 5.10 Å². The zero-order valence-corrected chi connectivity index (χ0v) is 13.5. The molecule has 0 spiro atoms. The van der Waals surface area contributed by atoms with Crippen molar-refractivity contribution >= 4 is 5.82 Å². The number of benzene rings is 1. The molecule has 1 N–H and O–H groups in total. The van der Waals surface area contributed by atoms with Crippen LogP contribution < -0.4 is 10.1 Å². The van der Waals surface area contributed by atoms with Crippen LogP contribution in [0.25, 0.3) is 0 Å². The summed E-state index contributed by atoms with van der Waals surface area (Å²) in [6, 6.07) is 8.51. The number of hydrogen-bond donors (Lipinski definition) is 1. The van der Waals surface area contributed by atoms with Crippen LogP contribution in [0.1, 0.15) is 34.4 Å². The first-order valence-electron chi connectivity index (χ1n) is 7.91. The predicted octanol–water partition coefficient (Wildman–Crippen LogP) is 2.94. The molecule has 1 heterocycles. The SMILES string of the molecule is Cc1nnc(NCCOc2ccc3c(c2)CCC3)c(C#N)c1C. The van der Waals surface area contributed by atoms with Gasteiger partial charge in [0.25, 0.3) is 0 Å². The van der Waals surface area contributed by atoms with Crippen LogP contribution in [-0.4, -0.2) is 23.3 Å². The molecule has 2 aromatic rings. The third-order valence-corrected chi connectivity index (χ3v) is 4.30. The highest BCUT2D eigenvalue weighted by atomic mass is 16.5. The molecule has 0 unspecified atom stereocenters. The van der Waals surface area contributed by atoms with E-state index in [4.69, 9.17) is 4.74 Å². The van der Waals surface area contributed by atoms with E-state index < -0.39 is 0 Å². The van der Waals surface area contributed by atoms with Crippen molar-refractivity contribution in [2.45, 2.75) is 33.1 Å². The van der Waals surface area contributed by atoms with E-state index in [9.17, 15) is 5.26 Å². The Labute approximate surface area is 136 Å². The molecule has 1 aliphatic rings. The van der Waals surface area contributed by atoms with Crippen LogP contribution in [0.15, 0.2) is 18.2 Å². The van der Waals surface area contributed by atoms with Gasteiger partial charge in [-0.25, -0.2) is 0 Å². The molecule has 0 atom stereocenters. The minimum Gasteiger partial charge on any atom is -0.492 e. The summed E-state index contributed by atoms with van der Waals surface area (Å²) in [6.45, 7) is 4.82. The smallest absolute Gasteiger partial charge is 0.167 e. The van der Waals surface area contributed by atoms with Crippen LogP contribution in [0.5, 0.6) is 5.75 Å². The number of ether oxygens (including phenoxy) is 1. The highest BCUT2D eigenvalue weighted by Gasteiger charge is 2.12. The third-order valence-electron chi connectivity index (χ3n) is 4.30. The Balaban J connectivity index is 1.56. The molecule has 0 aliphatic heterocycles. The Bertz CT molecular complexity index is 764. The average Bonchev–Trinajstić information content (AvgIpc) is 3.02. The molecule has 0 radical (unpaired) electrons. The van der Waals surface area contributed by atoms with Crippen molar-refractivity contribution in [1.82, 2.24) is 10.2 Å². The Morgan fingerprint density at radius 3 is 2.87 bits per heavy atom. The normalized spacial score (nSPS) is 12.6. The van der Waals surface area contributed by atoms with Gasteiger partial charge in [-0.05, 0) is 61.9 Å². The van der Waals surface area contributed by atoms with Crippen LogP contribution in [-0.2, 0) is 12.8 Å². The molecular formula is C18H20N4O. The van der Waals surface area contributed by atoms with Gasteiger partial charge < -0.3 is 10.1 Å². The van der Waals surface area contributed by atoms with Crippen LogP contribution >= 0.6 is 0 Å². The molecular weight excluding hydrogens is 288 g/mol. The Morgan fingerprint density at radius 2 is 2.04 bits per heavy atom. The lowest BCUT2D eigenvalue weighted by Crippen LogP contribution is -2.14. The monoisotopic (exact) mass is 308 g/mol. The lowest BCUT2D eigenvalue weighted by Gasteiger charge is -2.11. The van der Waals surface area contributed by atoms with Crippen LogP contribution in [0, 0.1) is 25.2 Å². The molecule has 118 valence electrons. The van der Waals surface area contributed by atoms with Crippen molar-refractivity contribution in [2.24, 2.45) is 0 Å². The maximum atomic E-state index is 9.26. The van der Waals surface area contributed by atoms with Crippen molar-refractivity contribution in [2.75, 3.05) is 18.5 Å². The van der Waals surface area contributed by atoms with E-state index in [1.54, 1.807) is 0 Å². The van der Waals surface area contributed by atoms with Crippen LogP contribution in [0.4, 0.5) is 5.82 Å². The number of rotatable bonds is 5. The quantitative estimate of drug-likeness (QED) is 0.860. The molecule has 0 amide bonds. The second-order valence-corrected chi connectivity index (χ2v) is 5.81. The van der Waals surface area contributed by atoms with Gasteiger partial charge in [0.05, 0.1) is 12.2 Å². The summed E-state index contributed by atoms with van der Waals surface area (Å²) >= 11 is 0. The molecule has 23 heavy (non-hydrogen) atoms. The minimum atomic E-state index is 0.512. The van der Waals surface area contributed by atoms with Crippen molar-refractivity contribution in [1.29, 1.82) is 5.26 Å². The summed E-state index contributed by atoms with van der Waals surface area (Å²) in [6.07, 6.45) is 3.57. The molecule has 5 heteroatoms. The fraction of sp³-hybridized carbons (Fsp3) is 0.389. The number of nitrogens with one attached hydrogen (secondary N) is 1. The summed E-state index contributed by atoms with van der Waals surface area (Å²) in [5.41, 5.74) is 5.04. The van der Waals surface area contributed by atoms with Gasteiger partial charge in [-0.1, -0.05) is 6.07 Å². The Morgan fingerprint density at radius 1 is 1.22 bits per heavy atom. The summed E-state index contributed by atoms with van der Waals surface area (Å²) in [5, 5.41) is 20.5. The summed E-state index contributed by atoms with van der Waals surface area (Å²) in [4.78, 5) is 0. The first-order chi connectivity index (χ1) is 11.2. The summed E-state index contributed by atoms with van der Waals surface area (Å²) in [7, 11) is 0. The minimum absolute atomic E-state index is 0.512. The van der Waals surface area contributed by atoms with E-state index in [-0.39, 0.29) is 0 Å². The van der Waals surface area contributed by atoms with E-state index in [2.05, 4.69) is 33.7 Å². The predicted molar refractivity (Wildman–Crippen MR) is 88.7 cm³/mol. The van der Waals surface area contributed by atoms with E-state index in [1.165, 1.54) is 24.0 Å².